The van der Waals surface area contributed by atoms with E-state index in [0.29, 0.717) is 24.2 Å². The molecule has 20 heteroatoms. The van der Waals surface area contributed by atoms with Gasteiger partial charge in [0.25, 0.3) is 0 Å². The number of Topliss-reactive ketones (excluding diaryl/α,β-unsaturated/α-hetero) is 1. The fourth-order valence-corrected chi connectivity index (χ4v) is 18.5. The summed E-state index contributed by atoms with van der Waals surface area (Å²) in [6.07, 6.45) is 35.6. The highest BCUT2D eigenvalue weighted by Crippen LogP contribution is 2.32. The third-order valence-corrected chi connectivity index (χ3v) is 26.2. The minimum Gasteiger partial charge on any atom is -0.361 e. The molecule has 8 aromatic carbocycles. The number of aryl methyl sites for hydroxylation is 2. The van der Waals surface area contributed by atoms with Crippen molar-refractivity contribution >= 4 is 160 Å². The molecule has 10 heterocycles. The first-order valence-corrected chi connectivity index (χ1v) is 45.2. The number of hydrogen-bond donors (Lipinski definition) is 5. The van der Waals surface area contributed by atoms with Crippen LogP contribution in [0.5, 0.6) is 0 Å². The standard InChI is InChI=1S/C23H28N2.C23H26N2.C14H15BrN2O.C14H17BrN2.C8H6BrN.C8H8O2S.C6H12ClNO.HI/c2*1-25-14-6-11-21(25)16-20-17-24-23-13-12-19(15-22(20)23)10-5-9-18-7-3-2-4-8-18;1-17-6-2-3-13(17)14(18)11-8-16-12-5-4-9(15)7-10(11)12;1-17-6-2-3-12(17)7-10-9-16-14-5-4-11(15)8-13(10)14;9-7-1-2-8-6(5-7)3-4-10-8;1-2-11(9,10)8-6-4-3-5-7-8;1-8-4-2-3-6(8)9-5-7;/h2-4,7-8,12-13,15,17,21,24H,5-6,9-11,14,16H2,1H3;2-5,7-8,10,12-13,15,17,21,24H,6,9,11,14,16H2,1H3;4-5,7-8,13,16H,2-3,6H2,1H3;4-5,8-9,12,16H,2-3,6-7H2,1H3;1-5,10H;2-7H,1H2;6H,2-5H2,1H3;1H/b;10-5+;;;;;;/t2*21-;;12-;;;;/m11.1..../s1. The molecule has 0 bridgehead atoms. The van der Waals surface area contributed by atoms with Gasteiger partial charge in [-0.25, -0.2) is 8.42 Å². The van der Waals surface area contributed by atoms with Gasteiger partial charge in [0.2, 0.25) is 0 Å². The number of rotatable bonds is 19. The van der Waals surface area contributed by atoms with Crippen molar-refractivity contribution in [1.82, 2.24) is 49.4 Å². The van der Waals surface area contributed by atoms with Crippen molar-refractivity contribution in [2.24, 2.45) is 0 Å². The number of benzene rings is 8. The summed E-state index contributed by atoms with van der Waals surface area (Å²) in [5, 5.41) is 7.37. The summed E-state index contributed by atoms with van der Waals surface area (Å²) in [7, 11) is 7.61. The van der Waals surface area contributed by atoms with Crippen LogP contribution in [0.4, 0.5) is 0 Å². The van der Waals surface area contributed by atoms with E-state index >= 15 is 0 Å². The van der Waals surface area contributed by atoms with Gasteiger partial charge in [-0.3, -0.25) is 14.6 Å². The summed E-state index contributed by atoms with van der Waals surface area (Å²) in [5.41, 5.74) is 16.7. The van der Waals surface area contributed by atoms with Gasteiger partial charge >= 0.3 is 0 Å². The Morgan fingerprint density at radius 2 is 0.940 bits per heavy atom. The lowest BCUT2D eigenvalue weighted by Gasteiger charge is -2.18. The van der Waals surface area contributed by atoms with Crippen LogP contribution in [0.2, 0.25) is 0 Å². The Morgan fingerprint density at radius 1 is 0.483 bits per heavy atom. The van der Waals surface area contributed by atoms with E-state index in [9.17, 15) is 13.2 Å². The van der Waals surface area contributed by atoms with E-state index in [2.05, 4.69) is 296 Å². The molecule has 0 aliphatic carbocycles. The number of allylic oxidation sites excluding steroid dienone is 1. The highest BCUT2D eigenvalue weighted by molar-refractivity contribution is 14.0. The molecular formula is C96H113Br3ClIN10O4S. The second kappa shape index (κ2) is 44.7. The molecule has 18 rings (SSSR count). The molecule has 0 amide bonds. The van der Waals surface area contributed by atoms with Gasteiger partial charge in [0, 0.05) is 135 Å². The summed E-state index contributed by atoms with van der Waals surface area (Å²) in [6.45, 7) is 9.11. The van der Waals surface area contributed by atoms with E-state index in [1.165, 1.54) is 172 Å². The highest BCUT2D eigenvalue weighted by atomic mass is 127. The molecule has 5 N–H and O–H groups in total. The Labute approximate surface area is 734 Å². The van der Waals surface area contributed by atoms with Crippen LogP contribution >= 0.6 is 83.4 Å². The molecule has 2 unspecified atom stereocenters. The number of likely N-dealkylation sites (N-methyl/N-ethyl adjacent to an activating group) is 4. The largest absolute Gasteiger partial charge is 0.361 e. The number of aromatic amines is 5. The number of nitrogens with one attached hydrogen (secondary N) is 5. The number of nitrogens with zero attached hydrogens (tertiary/aromatic N) is 5. The number of ether oxygens (including phenoxy) is 1. The van der Waals surface area contributed by atoms with Crippen molar-refractivity contribution in [3.05, 3.63) is 295 Å². The van der Waals surface area contributed by atoms with Crippen LogP contribution in [-0.2, 0) is 53.1 Å². The number of halogens is 5. The number of fused-ring (bicyclic) bond motifs is 5. The molecule has 5 aromatic heterocycles. The normalized spacial score (nSPS) is 18.5. The minimum atomic E-state index is -3.23. The molecule has 5 aliphatic heterocycles. The second-order valence-corrected chi connectivity index (χ2v) is 36.0. The zero-order valence-corrected chi connectivity index (χ0v) is 76.2. The first kappa shape index (κ1) is 89.6. The van der Waals surface area contributed by atoms with E-state index in [0.717, 1.165) is 99.7 Å². The fraction of sp³-hybridized carbons (Fsp3) is 0.344. The van der Waals surface area contributed by atoms with Crippen molar-refractivity contribution in [3.63, 3.8) is 0 Å². The molecule has 14 nitrogen and oxygen atoms in total. The van der Waals surface area contributed by atoms with Crippen molar-refractivity contribution in [3.8, 4) is 0 Å². The Morgan fingerprint density at radius 3 is 1.47 bits per heavy atom. The Kier molecular flexibility index (Phi) is 34.5. The van der Waals surface area contributed by atoms with Crippen molar-refractivity contribution in [2.75, 3.05) is 74.0 Å². The molecule has 0 spiro atoms. The number of sulfone groups is 1. The summed E-state index contributed by atoms with van der Waals surface area (Å²) in [4.78, 5) is 41.3. The van der Waals surface area contributed by atoms with E-state index in [1.807, 2.05) is 43.7 Å². The zero-order valence-electron chi connectivity index (χ0n) is 67.6. The summed E-state index contributed by atoms with van der Waals surface area (Å²) >= 11 is 15.8. The lowest BCUT2D eigenvalue weighted by molar-refractivity contribution is 0.0000464. The van der Waals surface area contributed by atoms with Crippen LogP contribution in [0.15, 0.2) is 255 Å². The summed E-state index contributed by atoms with van der Waals surface area (Å²) in [5.74, 6) is 0.236. The average molecular weight is 1910 g/mol. The van der Waals surface area contributed by atoms with Crippen LogP contribution in [0, 0.1) is 0 Å². The van der Waals surface area contributed by atoms with Gasteiger partial charge in [-0.15, -0.1) is 24.0 Å². The molecule has 116 heavy (non-hydrogen) atoms. The van der Waals surface area contributed by atoms with Gasteiger partial charge in [0.1, 0.15) is 12.3 Å². The number of alkyl halides is 1. The van der Waals surface area contributed by atoms with Crippen LogP contribution < -0.4 is 0 Å². The van der Waals surface area contributed by atoms with Gasteiger partial charge in [-0.1, -0.05) is 169 Å². The van der Waals surface area contributed by atoms with Gasteiger partial charge < -0.3 is 44.4 Å². The molecule has 5 saturated heterocycles. The number of hydrogen-bond acceptors (Lipinski definition) is 9. The molecule has 13 aromatic rings. The number of ketones is 1. The molecule has 0 radical (unpaired) electrons. The molecule has 5 atom stereocenters. The highest BCUT2D eigenvalue weighted by Gasteiger charge is 2.31. The molecular weight excluding hydrogens is 1790 g/mol. The number of aromatic nitrogens is 5. The third-order valence-electron chi connectivity index (χ3n) is 23.3. The van der Waals surface area contributed by atoms with Gasteiger partial charge in [0.15, 0.2) is 15.6 Å². The van der Waals surface area contributed by atoms with Gasteiger partial charge in [-0.05, 0) is 307 Å². The SMILES string of the molecule is Brc1ccc2[nH]ccc2c1.C=CS(=O)(=O)c1ccccc1.CN1CCCC1C(=O)c1c[nH]c2ccc(Br)cc12.CN1CCCC1OCCl.CN1CCC[C@@H]1Cc1c[nH]c2ccc(/C=C/Cc3ccccc3)cc12.CN1CCC[C@@H]1Cc1c[nH]c2ccc(Br)cc12.CN1CCC[C@@H]1Cc1c[nH]c2ccc(CCCc3ccccc3)cc12.I. The predicted molar refractivity (Wildman–Crippen MR) is 507 cm³/mol. The number of carbonyl (C=O) groups excluding carboxylic acids is 1. The summed E-state index contributed by atoms with van der Waals surface area (Å²) in [6, 6.07) is 66.5. The minimum absolute atomic E-state index is 0. The lowest BCUT2D eigenvalue weighted by Crippen LogP contribution is -2.32. The van der Waals surface area contributed by atoms with Crippen molar-refractivity contribution in [1.29, 1.82) is 0 Å². The zero-order chi connectivity index (χ0) is 80.6. The van der Waals surface area contributed by atoms with E-state index in [-0.39, 0.29) is 46.9 Å². The maximum atomic E-state index is 12.6. The third kappa shape index (κ3) is 25.2. The van der Waals surface area contributed by atoms with Gasteiger partial charge in [0.05, 0.1) is 10.9 Å². The number of likely N-dealkylation sites (tertiary alicyclic amines) is 5. The Bertz CT molecular complexity index is 5380. The first-order valence-electron chi connectivity index (χ1n) is 40.7. The molecule has 5 fully saturated rings. The van der Waals surface area contributed by atoms with Gasteiger partial charge in [-0.2, -0.15) is 0 Å². The second-order valence-electron chi connectivity index (χ2n) is 31.2. The van der Waals surface area contributed by atoms with Crippen LogP contribution in [-0.4, -0.2) is 168 Å². The Balaban J connectivity index is 0.000000137. The molecule has 0 saturated carbocycles. The topological polar surface area (TPSA) is 156 Å². The maximum absolute atomic E-state index is 12.6. The van der Waals surface area contributed by atoms with Crippen molar-refractivity contribution < 1.29 is 17.9 Å². The van der Waals surface area contributed by atoms with E-state index in [4.69, 9.17) is 16.3 Å². The van der Waals surface area contributed by atoms with E-state index < -0.39 is 9.84 Å². The Hall–Kier alpha value is -7.22. The molecule has 5 aliphatic rings. The van der Waals surface area contributed by atoms with Crippen LogP contribution in [0.25, 0.3) is 60.6 Å². The monoisotopic (exact) mass is 1900 g/mol. The van der Waals surface area contributed by atoms with E-state index in [1.54, 1.807) is 18.2 Å². The predicted octanol–water partition coefficient (Wildman–Crippen LogP) is 23.2. The smallest absolute Gasteiger partial charge is 0.199 e. The number of H-pyrrole nitrogens is 5. The summed E-state index contributed by atoms with van der Waals surface area (Å²) < 4.78 is 30.7. The fourth-order valence-electron chi connectivity index (χ4n) is 16.5. The van der Waals surface area contributed by atoms with Crippen molar-refractivity contribution in [2.45, 2.75) is 144 Å². The quantitative estimate of drug-likeness (QED) is 0.0302. The number of carbonyl (C=O) groups is 1. The van der Waals surface area contributed by atoms with Crippen LogP contribution in [0.1, 0.15) is 120 Å². The lowest BCUT2D eigenvalue weighted by atomic mass is 9.99. The van der Waals surface area contributed by atoms with Crippen LogP contribution in [0.3, 0.4) is 0 Å². The first-order chi connectivity index (χ1) is 55.9. The average Bonchev–Trinajstić information content (AvgIpc) is 1.64. The maximum Gasteiger partial charge on any atom is 0.199 e. The molecule has 612 valence electrons.